The summed E-state index contributed by atoms with van der Waals surface area (Å²) in [5.74, 6) is -4.56. The van der Waals surface area contributed by atoms with Crippen LogP contribution in [0.3, 0.4) is 0 Å². The van der Waals surface area contributed by atoms with E-state index in [1.54, 1.807) is 0 Å². The molecule has 0 aromatic rings. The van der Waals surface area contributed by atoms with Crippen LogP contribution in [0.1, 0.15) is 13.3 Å². The van der Waals surface area contributed by atoms with Crippen LogP contribution in [0.2, 0.25) is 0 Å². The Kier molecular flexibility index (Phi) is 5.09. The molecule has 1 fully saturated rings. The number of quaternary nitrogens is 1. The van der Waals surface area contributed by atoms with Gasteiger partial charge in [-0.05, 0) is 6.92 Å². The lowest BCUT2D eigenvalue weighted by Crippen LogP contribution is -2.63. The van der Waals surface area contributed by atoms with E-state index in [0.29, 0.717) is 0 Å². The van der Waals surface area contributed by atoms with Gasteiger partial charge in [0.05, 0.1) is 0 Å². The highest BCUT2D eigenvalue weighted by atomic mass is 32.1. The summed E-state index contributed by atoms with van der Waals surface area (Å²) in [7, 11) is 1.34. The van der Waals surface area contributed by atoms with Gasteiger partial charge in [0.25, 0.3) is 0 Å². The molecule has 0 aromatic carbocycles. The number of rotatable bonds is 3. The van der Waals surface area contributed by atoms with Gasteiger partial charge < -0.3 is 9.84 Å². The third kappa shape index (κ3) is 2.79. The van der Waals surface area contributed by atoms with Crippen LogP contribution in [-0.4, -0.2) is 59.3 Å². The third-order valence-electron chi connectivity index (χ3n) is 3.79. The summed E-state index contributed by atoms with van der Waals surface area (Å²) in [5.41, 5.74) is 0. The highest BCUT2D eigenvalue weighted by molar-refractivity contribution is 7.80. The molecule has 9 heteroatoms. The number of halogens is 3. The highest BCUT2D eigenvalue weighted by Gasteiger charge is 2.62. The topological polar surface area (TPSA) is 63.6 Å². The number of alkyl halides is 3. The molecule has 1 heterocycles. The molecular weight excluding hydrogens is 299 g/mol. The van der Waals surface area contributed by atoms with Crippen LogP contribution in [0, 0.1) is 5.92 Å². The van der Waals surface area contributed by atoms with Crippen LogP contribution >= 0.6 is 12.6 Å². The monoisotopic (exact) mass is 316 g/mol. The molecule has 2 amide bonds. The van der Waals surface area contributed by atoms with E-state index in [0.717, 1.165) is 0 Å². The van der Waals surface area contributed by atoms with Crippen molar-refractivity contribution in [3.63, 3.8) is 0 Å². The molecule has 1 N–H and O–H groups in total. The summed E-state index contributed by atoms with van der Waals surface area (Å²) < 4.78 is 42.3. The minimum Gasteiger partial charge on any atom is -0.435 e. The van der Waals surface area contributed by atoms with Crippen molar-refractivity contribution >= 4 is 24.6 Å². The third-order valence-corrected chi connectivity index (χ3v) is 4.16. The number of hydrogen-bond donors (Lipinski definition) is 2. The minimum atomic E-state index is -4.82. The first kappa shape index (κ1) is 17.3. The number of methoxy groups -OCH3 is 1. The predicted molar refractivity (Wildman–Crippen MR) is 66.4 cm³/mol. The van der Waals surface area contributed by atoms with Gasteiger partial charge in [-0.3, -0.25) is 0 Å². The van der Waals surface area contributed by atoms with Gasteiger partial charge in [0.15, 0.2) is 5.92 Å². The van der Waals surface area contributed by atoms with E-state index in [1.165, 1.54) is 14.0 Å². The van der Waals surface area contributed by atoms with Crippen LogP contribution in [0.25, 0.3) is 0 Å². The molecule has 0 saturated carbocycles. The molecule has 1 rings (SSSR count). The summed E-state index contributed by atoms with van der Waals surface area (Å²) >= 11 is 3.55. The van der Waals surface area contributed by atoms with Gasteiger partial charge in [0.2, 0.25) is 0 Å². The minimum absolute atomic E-state index is 0.214. The van der Waals surface area contributed by atoms with E-state index >= 15 is 0 Å². The Morgan fingerprint density at radius 1 is 1.50 bits per heavy atom. The molecule has 1 aliphatic heterocycles. The number of ether oxygens (including phenoxy) is 1. The summed E-state index contributed by atoms with van der Waals surface area (Å²) in [6, 6.07) is -0.783. The first-order chi connectivity index (χ1) is 9.11. The fraction of sp³-hybridized carbons (Fsp3) is 0.818. The molecule has 0 radical (unpaired) electrons. The Morgan fingerprint density at radius 3 is 2.35 bits per heavy atom. The first-order valence-electron chi connectivity index (χ1n) is 5.97. The summed E-state index contributed by atoms with van der Waals surface area (Å²) in [6.07, 6.45) is -6.74. The summed E-state index contributed by atoms with van der Waals surface area (Å²) in [6.45, 7) is 1.14. The molecule has 116 valence electrons. The Balaban J connectivity index is 3.21. The number of likely N-dealkylation sites (tertiary alicyclic amines) is 1. The number of thiol groups is 1. The SMILES string of the molecule is CO[C@@H]1C[C@@H](C)[N@@+](C(=O)O)(C(=O)C(CS)C(F)(F)F)C1. The molecule has 1 saturated heterocycles. The number of imide groups is 1. The second-order valence-corrected chi connectivity index (χ2v) is 5.26. The lowest BCUT2D eigenvalue weighted by molar-refractivity contribution is -0.796. The van der Waals surface area contributed by atoms with Crippen LogP contribution < -0.4 is 0 Å². The fourth-order valence-corrected chi connectivity index (χ4v) is 2.94. The standard InChI is InChI=1S/C11H16F3NO4S/c1-6-3-7(19-2)4-15(6,10(17)18)9(16)8(5-20)11(12,13)14/h6-8H,3-5H2,1-2H3,(H-,17,18,20)/p+1/t6-,7-,8?,15-/m1/s1. The highest BCUT2D eigenvalue weighted by Crippen LogP contribution is 2.37. The summed E-state index contributed by atoms with van der Waals surface area (Å²) in [4.78, 5) is 23.7. The van der Waals surface area contributed by atoms with Crippen molar-refractivity contribution in [2.45, 2.75) is 31.7 Å². The van der Waals surface area contributed by atoms with Crippen LogP contribution in [0.5, 0.6) is 0 Å². The Bertz CT molecular complexity index is 404. The molecule has 0 bridgehead atoms. The Morgan fingerprint density at radius 2 is 2.05 bits per heavy atom. The number of carbonyl (C=O) groups excluding carboxylic acids is 1. The number of hydrogen-bond acceptors (Lipinski definition) is 4. The van der Waals surface area contributed by atoms with Gasteiger partial charge in [-0.1, -0.05) is 0 Å². The van der Waals surface area contributed by atoms with Crippen molar-refractivity contribution in [3.8, 4) is 0 Å². The van der Waals surface area contributed by atoms with E-state index in [1.807, 2.05) is 0 Å². The van der Waals surface area contributed by atoms with Crippen molar-refractivity contribution in [2.24, 2.45) is 5.92 Å². The van der Waals surface area contributed by atoms with Gasteiger partial charge in [-0.25, -0.2) is 4.79 Å². The molecular formula is C11H17F3NO4S+. The van der Waals surface area contributed by atoms with Crippen LogP contribution in [-0.2, 0) is 9.53 Å². The zero-order valence-electron chi connectivity index (χ0n) is 11.1. The molecule has 1 unspecified atom stereocenters. The predicted octanol–water partition coefficient (Wildman–Crippen LogP) is 1.92. The maximum Gasteiger partial charge on any atom is 0.521 e. The van der Waals surface area contributed by atoms with Crippen molar-refractivity contribution in [2.75, 3.05) is 19.4 Å². The molecule has 0 spiro atoms. The Labute approximate surface area is 119 Å². The van der Waals surface area contributed by atoms with Gasteiger partial charge in [0, 0.05) is 19.3 Å². The van der Waals surface area contributed by atoms with Gasteiger partial charge in [0.1, 0.15) is 18.7 Å². The second kappa shape index (κ2) is 5.90. The zero-order chi connectivity index (χ0) is 15.7. The van der Waals surface area contributed by atoms with E-state index in [9.17, 15) is 27.9 Å². The number of carbonyl (C=O) groups is 2. The molecule has 20 heavy (non-hydrogen) atoms. The van der Waals surface area contributed by atoms with E-state index in [2.05, 4.69) is 12.6 Å². The van der Waals surface area contributed by atoms with E-state index in [4.69, 9.17) is 4.74 Å². The molecule has 1 aliphatic rings. The largest absolute Gasteiger partial charge is 0.521 e. The smallest absolute Gasteiger partial charge is 0.435 e. The molecule has 0 aromatic heterocycles. The van der Waals surface area contributed by atoms with E-state index in [-0.39, 0.29) is 13.0 Å². The normalized spacial score (nSPS) is 32.1. The fourth-order valence-electron chi connectivity index (χ4n) is 2.57. The van der Waals surface area contributed by atoms with Crippen molar-refractivity contribution < 1.29 is 37.1 Å². The van der Waals surface area contributed by atoms with Crippen LogP contribution in [0.4, 0.5) is 18.0 Å². The average Bonchev–Trinajstić information content (AvgIpc) is 2.66. The van der Waals surface area contributed by atoms with E-state index < -0.39 is 46.5 Å². The van der Waals surface area contributed by atoms with Gasteiger partial charge in [-0.15, -0.1) is 0 Å². The van der Waals surface area contributed by atoms with Crippen molar-refractivity contribution in [1.29, 1.82) is 0 Å². The maximum atomic E-state index is 12.9. The lowest BCUT2D eigenvalue weighted by Gasteiger charge is -2.32. The zero-order valence-corrected chi connectivity index (χ0v) is 11.9. The van der Waals surface area contributed by atoms with Crippen LogP contribution in [0.15, 0.2) is 0 Å². The average molecular weight is 316 g/mol. The summed E-state index contributed by atoms with van der Waals surface area (Å²) in [5, 5.41) is 9.33. The molecule has 0 aliphatic carbocycles. The first-order valence-corrected chi connectivity index (χ1v) is 6.60. The molecule has 4 atom stereocenters. The number of nitrogens with zero attached hydrogens (tertiary/aromatic N) is 1. The van der Waals surface area contributed by atoms with Gasteiger partial charge >= 0.3 is 18.2 Å². The molecule has 5 nitrogen and oxygen atoms in total. The second-order valence-electron chi connectivity index (χ2n) is 4.89. The van der Waals surface area contributed by atoms with Gasteiger partial charge in [-0.2, -0.15) is 35.1 Å². The number of amides is 2. The van der Waals surface area contributed by atoms with Crippen molar-refractivity contribution in [1.82, 2.24) is 0 Å². The Hall–Kier alpha value is -0.800. The lowest BCUT2D eigenvalue weighted by atomic mass is 10.1. The maximum absolute atomic E-state index is 12.9. The number of carboxylic acid groups (broad SMARTS) is 1. The quantitative estimate of drug-likeness (QED) is 0.617. The van der Waals surface area contributed by atoms with Crippen molar-refractivity contribution in [3.05, 3.63) is 0 Å².